The number of carbonyl (C=O) groups is 1. The number of thiazole rings is 1. The van der Waals surface area contributed by atoms with Crippen LogP contribution in [0.25, 0.3) is 6.08 Å². The molecular weight excluding hydrogens is 660 g/mol. The average molecular weight is 694 g/mol. The normalized spacial score (nSPS) is 14.4. The second-order valence-corrected chi connectivity index (χ2v) is 11.8. The van der Waals surface area contributed by atoms with Gasteiger partial charge in [-0.05, 0) is 72.1 Å². The molecule has 0 amide bonds. The van der Waals surface area contributed by atoms with Gasteiger partial charge < -0.3 is 23.7 Å². The first-order valence-corrected chi connectivity index (χ1v) is 16.0. The van der Waals surface area contributed by atoms with Crippen LogP contribution in [0.3, 0.4) is 0 Å². The fourth-order valence-electron chi connectivity index (χ4n) is 5.14. The van der Waals surface area contributed by atoms with E-state index < -0.39 is 12.0 Å². The maximum Gasteiger partial charge on any atom is 0.338 e. The van der Waals surface area contributed by atoms with Gasteiger partial charge in [0.25, 0.3) is 5.56 Å². The van der Waals surface area contributed by atoms with E-state index in [1.807, 2.05) is 55.5 Å². The van der Waals surface area contributed by atoms with Gasteiger partial charge in [-0.25, -0.2) is 9.79 Å². The van der Waals surface area contributed by atoms with Crippen LogP contribution in [-0.4, -0.2) is 38.0 Å². The van der Waals surface area contributed by atoms with Gasteiger partial charge in [-0.1, -0.05) is 53.8 Å². The summed E-state index contributed by atoms with van der Waals surface area (Å²) >= 11 is 4.85. The molecule has 5 rings (SSSR count). The van der Waals surface area contributed by atoms with Crippen LogP contribution in [-0.2, 0) is 16.1 Å². The Morgan fingerprint density at radius 1 is 0.978 bits per heavy atom. The second-order valence-electron chi connectivity index (χ2n) is 9.92. The van der Waals surface area contributed by atoms with Crippen molar-refractivity contribution in [1.82, 2.24) is 4.57 Å². The minimum atomic E-state index is -0.853. The molecule has 45 heavy (non-hydrogen) atoms. The number of allylic oxidation sites excluding steroid dienone is 1. The highest BCUT2D eigenvalue weighted by Gasteiger charge is 2.36. The van der Waals surface area contributed by atoms with Gasteiger partial charge in [0.1, 0.15) is 12.6 Å². The van der Waals surface area contributed by atoms with Gasteiger partial charge in [0.2, 0.25) is 0 Å². The fourth-order valence-corrected chi connectivity index (χ4v) is 6.76. The van der Waals surface area contributed by atoms with E-state index in [0.717, 1.165) is 5.56 Å². The second kappa shape index (κ2) is 14.2. The molecule has 0 bridgehead atoms. The molecule has 1 aliphatic heterocycles. The number of halogens is 1. The Hall–Kier alpha value is -4.35. The zero-order valence-electron chi connectivity index (χ0n) is 25.6. The molecule has 234 valence electrons. The molecule has 1 aliphatic rings. The maximum absolute atomic E-state index is 14.2. The molecule has 4 aromatic rings. The van der Waals surface area contributed by atoms with Gasteiger partial charge >= 0.3 is 5.97 Å². The quantitative estimate of drug-likeness (QED) is 0.190. The van der Waals surface area contributed by atoms with Crippen molar-refractivity contribution < 1.29 is 28.5 Å². The highest BCUT2D eigenvalue weighted by atomic mass is 79.9. The number of hydrogen-bond donors (Lipinski definition) is 0. The molecule has 1 aromatic heterocycles. The minimum Gasteiger partial charge on any atom is -0.493 e. The van der Waals surface area contributed by atoms with Crippen molar-refractivity contribution in [2.24, 2.45) is 4.99 Å². The summed E-state index contributed by atoms with van der Waals surface area (Å²) in [6.45, 7) is 6.23. The van der Waals surface area contributed by atoms with Gasteiger partial charge in [-0.3, -0.25) is 9.36 Å². The number of esters is 1. The Labute approximate surface area is 273 Å². The van der Waals surface area contributed by atoms with E-state index in [9.17, 15) is 9.59 Å². The number of fused-ring (bicyclic) bond motifs is 1. The Bertz CT molecular complexity index is 1930. The largest absolute Gasteiger partial charge is 0.493 e. The first-order chi connectivity index (χ1) is 21.8. The van der Waals surface area contributed by atoms with E-state index in [0.29, 0.717) is 66.8 Å². The van der Waals surface area contributed by atoms with E-state index in [1.54, 1.807) is 46.3 Å². The number of rotatable bonds is 11. The number of hydrogen-bond acceptors (Lipinski definition) is 9. The van der Waals surface area contributed by atoms with Crippen molar-refractivity contribution in [3.05, 3.63) is 113 Å². The average Bonchev–Trinajstić information content (AvgIpc) is 3.34. The smallest absolute Gasteiger partial charge is 0.338 e. The standard InChI is InChI=1S/C34H33BrN2O7S/c1-6-42-30-23(14-11-15-25(30)40-4)29-28(33(39)43-7-2)20(3)36-34-37(29)32(38)27(45-34)18-22-16-24(35)31(26(17-22)41-5)44-19-21-12-9-8-10-13-21/h8-18,29H,6-7,19H2,1-5H3/b27-18+/t29-/m1/s1. The first-order valence-electron chi connectivity index (χ1n) is 14.3. The third-order valence-corrected chi connectivity index (χ3v) is 8.68. The number of methoxy groups -OCH3 is 2. The van der Waals surface area contributed by atoms with E-state index in [1.165, 1.54) is 15.9 Å². The molecule has 0 unspecified atom stereocenters. The van der Waals surface area contributed by atoms with Gasteiger partial charge in [-0.15, -0.1) is 0 Å². The van der Waals surface area contributed by atoms with Crippen LogP contribution in [0.15, 0.2) is 86.2 Å². The van der Waals surface area contributed by atoms with E-state index in [2.05, 4.69) is 20.9 Å². The summed E-state index contributed by atoms with van der Waals surface area (Å²) in [5, 5.41) is 0. The Morgan fingerprint density at radius 3 is 2.42 bits per heavy atom. The molecule has 0 saturated carbocycles. The van der Waals surface area contributed by atoms with Gasteiger partial charge in [-0.2, -0.15) is 0 Å². The molecule has 11 heteroatoms. The Morgan fingerprint density at radius 2 is 1.73 bits per heavy atom. The number of para-hydroxylation sites is 1. The van der Waals surface area contributed by atoms with Crippen LogP contribution >= 0.6 is 27.3 Å². The van der Waals surface area contributed by atoms with Crippen LogP contribution in [0.2, 0.25) is 0 Å². The summed E-state index contributed by atoms with van der Waals surface area (Å²) in [5.41, 5.74) is 2.72. The molecule has 2 heterocycles. The number of aromatic nitrogens is 1. The lowest BCUT2D eigenvalue weighted by Gasteiger charge is -2.26. The van der Waals surface area contributed by atoms with Crippen molar-refractivity contribution in [3.63, 3.8) is 0 Å². The molecule has 3 aromatic carbocycles. The molecule has 0 fully saturated rings. The third kappa shape index (κ3) is 6.55. The highest BCUT2D eigenvalue weighted by Crippen LogP contribution is 2.41. The van der Waals surface area contributed by atoms with Crippen molar-refractivity contribution in [2.75, 3.05) is 27.4 Å². The van der Waals surface area contributed by atoms with Crippen molar-refractivity contribution in [2.45, 2.75) is 33.4 Å². The number of benzene rings is 3. The van der Waals surface area contributed by atoms with E-state index >= 15 is 0 Å². The number of carbonyl (C=O) groups excluding carboxylic acids is 1. The molecule has 0 radical (unpaired) electrons. The molecule has 0 spiro atoms. The van der Waals surface area contributed by atoms with Crippen molar-refractivity contribution >= 4 is 39.3 Å². The van der Waals surface area contributed by atoms with Gasteiger partial charge in [0, 0.05) is 5.56 Å². The number of nitrogens with zero attached hydrogens (tertiary/aromatic N) is 2. The summed E-state index contributed by atoms with van der Waals surface area (Å²) in [6.07, 6.45) is 1.77. The number of ether oxygens (including phenoxy) is 5. The van der Waals surface area contributed by atoms with Crippen LogP contribution in [0.1, 0.15) is 43.5 Å². The minimum absolute atomic E-state index is 0.172. The summed E-state index contributed by atoms with van der Waals surface area (Å²) in [6, 6.07) is 18.1. The lowest BCUT2D eigenvalue weighted by molar-refractivity contribution is -0.139. The lowest BCUT2D eigenvalue weighted by atomic mass is 9.94. The lowest BCUT2D eigenvalue weighted by Crippen LogP contribution is -2.40. The summed E-state index contributed by atoms with van der Waals surface area (Å²) in [5.74, 6) is 1.44. The Kier molecular flexibility index (Phi) is 10.1. The molecule has 0 saturated heterocycles. The van der Waals surface area contributed by atoms with Crippen molar-refractivity contribution in [1.29, 1.82) is 0 Å². The SMILES string of the molecule is CCOC(=O)C1=C(C)N=c2s/c(=C/c3cc(Br)c(OCc4ccccc4)c(OC)c3)c(=O)n2[C@@H]1c1cccc(OC)c1OCC. The predicted molar refractivity (Wildman–Crippen MR) is 176 cm³/mol. The van der Waals surface area contributed by atoms with Crippen LogP contribution in [0.5, 0.6) is 23.0 Å². The summed E-state index contributed by atoms with van der Waals surface area (Å²) in [7, 11) is 3.11. The molecule has 9 nitrogen and oxygen atoms in total. The zero-order chi connectivity index (χ0) is 32.1. The molecule has 0 N–H and O–H groups in total. The molecule has 0 aliphatic carbocycles. The maximum atomic E-state index is 14.2. The third-order valence-electron chi connectivity index (χ3n) is 7.11. The topological polar surface area (TPSA) is 97.6 Å². The van der Waals surface area contributed by atoms with E-state index in [-0.39, 0.29) is 17.7 Å². The fraction of sp³-hybridized carbons (Fsp3) is 0.265. The van der Waals surface area contributed by atoms with Crippen LogP contribution in [0.4, 0.5) is 0 Å². The predicted octanol–water partition coefficient (Wildman–Crippen LogP) is 5.56. The zero-order valence-corrected chi connectivity index (χ0v) is 28.0. The monoisotopic (exact) mass is 692 g/mol. The van der Waals surface area contributed by atoms with E-state index in [4.69, 9.17) is 23.7 Å². The molecular formula is C34H33BrN2O7S. The Balaban J connectivity index is 1.64. The first kappa shape index (κ1) is 32.1. The summed E-state index contributed by atoms with van der Waals surface area (Å²) < 4.78 is 31.4. The van der Waals surface area contributed by atoms with Gasteiger partial charge in [0.15, 0.2) is 27.8 Å². The highest BCUT2D eigenvalue weighted by molar-refractivity contribution is 9.10. The van der Waals surface area contributed by atoms with Gasteiger partial charge in [0.05, 0.1) is 47.7 Å². The van der Waals surface area contributed by atoms with Crippen LogP contribution < -0.4 is 33.8 Å². The van der Waals surface area contributed by atoms with Crippen molar-refractivity contribution in [3.8, 4) is 23.0 Å². The van der Waals surface area contributed by atoms with Crippen LogP contribution in [0, 0.1) is 0 Å². The molecule has 1 atom stereocenters. The summed E-state index contributed by atoms with van der Waals surface area (Å²) in [4.78, 5) is 32.7.